The monoisotopic (exact) mass is 205 g/mol. The van der Waals surface area contributed by atoms with E-state index in [1.807, 2.05) is 13.0 Å². The average Bonchev–Trinajstić information content (AvgIpc) is 1.97. The smallest absolute Gasteiger partial charge is 0.221 e. The molecule has 0 amide bonds. The quantitative estimate of drug-likeness (QED) is 0.517. The molecule has 0 fully saturated rings. The lowest BCUT2D eigenvalue weighted by molar-refractivity contribution is 1.10. The number of aryl methyl sites for hydroxylation is 1. The SMILES string of the molecule is Cc1cc(C#C[Si](C)(C)C)nc(N)n1. The van der Waals surface area contributed by atoms with E-state index < -0.39 is 8.07 Å². The van der Waals surface area contributed by atoms with E-state index in [1.54, 1.807) is 0 Å². The fourth-order valence-corrected chi connectivity index (χ4v) is 1.41. The number of anilines is 1. The second kappa shape index (κ2) is 3.80. The molecule has 0 bridgehead atoms. The first-order valence-corrected chi connectivity index (χ1v) is 8.01. The first-order chi connectivity index (χ1) is 6.37. The van der Waals surface area contributed by atoms with E-state index in [0.717, 1.165) is 11.4 Å². The fourth-order valence-electron chi connectivity index (χ4n) is 0.907. The van der Waals surface area contributed by atoms with Crippen LogP contribution in [0, 0.1) is 18.4 Å². The summed E-state index contributed by atoms with van der Waals surface area (Å²) in [7, 11) is -1.34. The molecule has 0 spiro atoms. The molecule has 1 aromatic heterocycles. The molecule has 3 nitrogen and oxygen atoms in total. The zero-order valence-electron chi connectivity index (χ0n) is 9.05. The van der Waals surface area contributed by atoms with Gasteiger partial charge in [0, 0.05) is 5.69 Å². The molecule has 4 heteroatoms. The van der Waals surface area contributed by atoms with Gasteiger partial charge in [-0.1, -0.05) is 25.6 Å². The average molecular weight is 205 g/mol. The zero-order chi connectivity index (χ0) is 10.8. The maximum absolute atomic E-state index is 5.52. The van der Waals surface area contributed by atoms with Crippen LogP contribution in [0.2, 0.25) is 19.6 Å². The Labute approximate surface area is 85.8 Å². The number of nitrogens with two attached hydrogens (primary N) is 1. The summed E-state index contributed by atoms with van der Waals surface area (Å²) in [5.41, 5.74) is 10.3. The Morgan fingerprint density at radius 3 is 2.43 bits per heavy atom. The highest BCUT2D eigenvalue weighted by Crippen LogP contribution is 2.02. The van der Waals surface area contributed by atoms with E-state index >= 15 is 0 Å². The first-order valence-electron chi connectivity index (χ1n) is 4.51. The summed E-state index contributed by atoms with van der Waals surface area (Å²) >= 11 is 0. The lowest BCUT2D eigenvalue weighted by Crippen LogP contribution is -2.16. The van der Waals surface area contributed by atoms with E-state index in [2.05, 4.69) is 41.1 Å². The van der Waals surface area contributed by atoms with E-state index in [9.17, 15) is 0 Å². The Balaban J connectivity index is 3.02. The van der Waals surface area contributed by atoms with Gasteiger partial charge >= 0.3 is 0 Å². The Hall–Kier alpha value is -1.34. The maximum atomic E-state index is 5.52. The molecule has 1 heterocycles. The van der Waals surface area contributed by atoms with Gasteiger partial charge in [0.1, 0.15) is 13.8 Å². The molecule has 0 aliphatic heterocycles. The predicted molar refractivity (Wildman–Crippen MR) is 61.4 cm³/mol. The first kappa shape index (κ1) is 10.7. The van der Waals surface area contributed by atoms with Crippen LogP contribution in [-0.2, 0) is 0 Å². The lowest BCUT2D eigenvalue weighted by atomic mass is 10.3. The van der Waals surface area contributed by atoms with Crippen LogP contribution in [0.25, 0.3) is 0 Å². The minimum absolute atomic E-state index is 0.296. The molecular formula is C10H15N3Si. The summed E-state index contributed by atoms with van der Waals surface area (Å²) in [5.74, 6) is 3.34. The van der Waals surface area contributed by atoms with Gasteiger partial charge in [0.25, 0.3) is 0 Å². The van der Waals surface area contributed by atoms with Crippen molar-refractivity contribution in [2.24, 2.45) is 0 Å². The van der Waals surface area contributed by atoms with Gasteiger partial charge in [-0.25, -0.2) is 9.97 Å². The molecule has 2 N–H and O–H groups in total. The molecule has 0 aliphatic carbocycles. The second-order valence-electron chi connectivity index (χ2n) is 4.25. The number of nitrogen functional groups attached to an aromatic ring is 1. The molecular weight excluding hydrogens is 190 g/mol. The summed E-state index contributed by atoms with van der Waals surface area (Å²) in [6.07, 6.45) is 0. The predicted octanol–water partition coefficient (Wildman–Crippen LogP) is 1.60. The highest BCUT2D eigenvalue weighted by Gasteiger charge is 2.07. The van der Waals surface area contributed by atoms with Crippen molar-refractivity contribution in [3.05, 3.63) is 17.5 Å². The van der Waals surface area contributed by atoms with Crippen molar-refractivity contribution in [1.29, 1.82) is 0 Å². The van der Waals surface area contributed by atoms with Crippen molar-refractivity contribution < 1.29 is 0 Å². The molecule has 14 heavy (non-hydrogen) atoms. The number of nitrogens with zero attached hydrogens (tertiary/aromatic N) is 2. The van der Waals surface area contributed by atoms with E-state index in [-0.39, 0.29) is 0 Å². The third kappa shape index (κ3) is 3.58. The van der Waals surface area contributed by atoms with Gasteiger partial charge in [-0.3, -0.25) is 0 Å². The Morgan fingerprint density at radius 2 is 1.93 bits per heavy atom. The molecule has 0 aliphatic rings. The third-order valence-electron chi connectivity index (χ3n) is 1.44. The van der Waals surface area contributed by atoms with Gasteiger partial charge in [0.05, 0.1) is 0 Å². The summed E-state index contributed by atoms with van der Waals surface area (Å²) < 4.78 is 0. The molecule has 0 radical (unpaired) electrons. The summed E-state index contributed by atoms with van der Waals surface area (Å²) in [5, 5.41) is 0. The van der Waals surface area contributed by atoms with Crippen LogP contribution in [-0.4, -0.2) is 18.0 Å². The van der Waals surface area contributed by atoms with Crippen molar-refractivity contribution >= 4 is 14.0 Å². The summed E-state index contributed by atoms with van der Waals surface area (Å²) in [6, 6.07) is 1.85. The van der Waals surface area contributed by atoms with Crippen LogP contribution in [0.4, 0.5) is 5.95 Å². The van der Waals surface area contributed by atoms with Crippen LogP contribution in [0.15, 0.2) is 6.07 Å². The topological polar surface area (TPSA) is 51.8 Å². The highest BCUT2D eigenvalue weighted by molar-refractivity contribution is 6.83. The van der Waals surface area contributed by atoms with Gasteiger partial charge in [-0.15, -0.1) is 5.54 Å². The van der Waals surface area contributed by atoms with Crippen LogP contribution >= 0.6 is 0 Å². The van der Waals surface area contributed by atoms with Gasteiger partial charge in [-0.05, 0) is 13.0 Å². The van der Waals surface area contributed by atoms with Crippen molar-refractivity contribution in [3.8, 4) is 11.5 Å². The van der Waals surface area contributed by atoms with Gasteiger partial charge in [0.2, 0.25) is 5.95 Å². The van der Waals surface area contributed by atoms with Crippen LogP contribution in [0.3, 0.4) is 0 Å². The van der Waals surface area contributed by atoms with Crippen molar-refractivity contribution in [2.75, 3.05) is 5.73 Å². The van der Waals surface area contributed by atoms with Gasteiger partial charge < -0.3 is 5.73 Å². The molecule has 1 aromatic rings. The summed E-state index contributed by atoms with van der Waals surface area (Å²) in [6.45, 7) is 8.46. The molecule has 0 saturated carbocycles. The number of hydrogen-bond donors (Lipinski definition) is 1. The Bertz CT molecular complexity index is 376. The molecule has 74 valence electrons. The fraction of sp³-hybridized carbons (Fsp3) is 0.400. The minimum Gasteiger partial charge on any atom is -0.368 e. The summed E-state index contributed by atoms with van der Waals surface area (Å²) in [4.78, 5) is 8.04. The van der Waals surface area contributed by atoms with E-state index in [0.29, 0.717) is 5.95 Å². The molecule has 0 atom stereocenters. The van der Waals surface area contributed by atoms with E-state index in [1.165, 1.54) is 0 Å². The van der Waals surface area contributed by atoms with Crippen molar-refractivity contribution in [3.63, 3.8) is 0 Å². The number of aromatic nitrogens is 2. The normalized spacial score (nSPS) is 10.6. The molecule has 0 saturated heterocycles. The second-order valence-corrected chi connectivity index (χ2v) is 9.00. The molecule has 0 aromatic carbocycles. The molecule has 0 unspecified atom stereocenters. The van der Waals surface area contributed by atoms with Gasteiger partial charge in [0.15, 0.2) is 0 Å². The zero-order valence-corrected chi connectivity index (χ0v) is 10.0. The minimum atomic E-state index is -1.34. The largest absolute Gasteiger partial charge is 0.368 e. The van der Waals surface area contributed by atoms with Crippen LogP contribution < -0.4 is 5.73 Å². The third-order valence-corrected chi connectivity index (χ3v) is 2.31. The molecule has 1 rings (SSSR count). The standard InChI is InChI=1S/C10H15N3Si/c1-8-7-9(13-10(11)12-8)5-6-14(2,3)4/h7H,1-4H3,(H2,11,12,13). The Kier molecular flexibility index (Phi) is 2.92. The van der Waals surface area contributed by atoms with Crippen molar-refractivity contribution in [1.82, 2.24) is 9.97 Å². The number of hydrogen-bond acceptors (Lipinski definition) is 3. The number of rotatable bonds is 0. The highest BCUT2D eigenvalue weighted by atomic mass is 28.3. The maximum Gasteiger partial charge on any atom is 0.221 e. The Morgan fingerprint density at radius 1 is 1.29 bits per heavy atom. The van der Waals surface area contributed by atoms with E-state index in [4.69, 9.17) is 5.73 Å². The van der Waals surface area contributed by atoms with Crippen LogP contribution in [0.5, 0.6) is 0 Å². The van der Waals surface area contributed by atoms with Crippen molar-refractivity contribution in [2.45, 2.75) is 26.6 Å². The lowest BCUT2D eigenvalue weighted by Gasteiger charge is -2.03. The van der Waals surface area contributed by atoms with Crippen LogP contribution in [0.1, 0.15) is 11.4 Å². The van der Waals surface area contributed by atoms with Gasteiger partial charge in [-0.2, -0.15) is 0 Å².